The second-order valence-electron chi connectivity index (χ2n) is 5.70. The summed E-state index contributed by atoms with van der Waals surface area (Å²) in [5, 5.41) is 0. The molecule has 1 heteroatoms. The highest BCUT2D eigenvalue weighted by molar-refractivity contribution is 4.85. The molecule has 0 N–H and O–H groups in total. The van der Waals surface area contributed by atoms with Gasteiger partial charge in [0.15, 0.2) is 0 Å². The minimum absolute atomic E-state index is 0.714. The number of unbranched alkanes of at least 4 members (excludes halogenated alkanes) is 1. The number of nitrogens with zero attached hydrogens (tertiary/aromatic N) is 1. The molecule has 0 amide bonds. The average molecular weight is 225 g/mol. The van der Waals surface area contributed by atoms with Crippen molar-refractivity contribution in [3.05, 3.63) is 0 Å². The number of hydrogen-bond acceptors (Lipinski definition) is 1. The van der Waals surface area contributed by atoms with Gasteiger partial charge in [0, 0.05) is 0 Å². The van der Waals surface area contributed by atoms with Crippen molar-refractivity contribution in [1.82, 2.24) is 4.90 Å². The third-order valence-electron chi connectivity index (χ3n) is 4.31. The van der Waals surface area contributed by atoms with E-state index in [0.29, 0.717) is 5.41 Å². The van der Waals surface area contributed by atoms with Crippen LogP contribution in [-0.2, 0) is 0 Å². The van der Waals surface area contributed by atoms with Gasteiger partial charge in [0.2, 0.25) is 0 Å². The first-order valence-corrected chi connectivity index (χ1v) is 7.48. The van der Waals surface area contributed by atoms with Crippen LogP contribution in [0, 0.1) is 5.41 Å². The van der Waals surface area contributed by atoms with Crippen LogP contribution in [0.4, 0.5) is 0 Å². The van der Waals surface area contributed by atoms with E-state index in [-0.39, 0.29) is 0 Å². The number of likely N-dealkylation sites (tertiary alicyclic amines) is 1. The number of piperidine rings is 1. The van der Waals surface area contributed by atoms with E-state index in [1.165, 1.54) is 71.0 Å². The van der Waals surface area contributed by atoms with E-state index in [2.05, 4.69) is 25.7 Å². The van der Waals surface area contributed by atoms with Crippen LogP contribution in [0.25, 0.3) is 0 Å². The van der Waals surface area contributed by atoms with E-state index in [4.69, 9.17) is 0 Å². The SMILES string of the molecule is CCCCN1CCC(CCC)(CCC)CC1. The molecule has 0 aromatic rings. The van der Waals surface area contributed by atoms with E-state index in [1.807, 2.05) is 0 Å². The maximum atomic E-state index is 2.69. The van der Waals surface area contributed by atoms with Gasteiger partial charge in [-0.2, -0.15) is 0 Å². The lowest BCUT2D eigenvalue weighted by Crippen LogP contribution is -2.40. The maximum absolute atomic E-state index is 2.69. The molecule has 0 aromatic heterocycles. The molecule has 1 nitrogen and oxygen atoms in total. The molecule has 1 rings (SSSR count). The summed E-state index contributed by atoms with van der Waals surface area (Å²) < 4.78 is 0. The molecule has 0 atom stereocenters. The Bertz CT molecular complexity index is 160. The zero-order valence-corrected chi connectivity index (χ0v) is 11.7. The first-order chi connectivity index (χ1) is 7.76. The second kappa shape index (κ2) is 7.32. The summed E-state index contributed by atoms with van der Waals surface area (Å²) in [5.41, 5.74) is 0.714. The van der Waals surface area contributed by atoms with Crippen LogP contribution in [0.2, 0.25) is 0 Å². The molecule has 16 heavy (non-hydrogen) atoms. The lowest BCUT2D eigenvalue weighted by Gasteiger charge is -2.42. The second-order valence-corrected chi connectivity index (χ2v) is 5.70. The summed E-state index contributed by atoms with van der Waals surface area (Å²) in [5.74, 6) is 0. The molecule has 0 saturated carbocycles. The zero-order chi connectivity index (χ0) is 11.9. The lowest BCUT2D eigenvalue weighted by atomic mass is 9.72. The van der Waals surface area contributed by atoms with E-state index in [1.54, 1.807) is 0 Å². The predicted octanol–water partition coefficient (Wildman–Crippen LogP) is 4.47. The highest BCUT2D eigenvalue weighted by Gasteiger charge is 2.32. The van der Waals surface area contributed by atoms with Gasteiger partial charge in [0.05, 0.1) is 0 Å². The highest BCUT2D eigenvalue weighted by Crippen LogP contribution is 2.40. The van der Waals surface area contributed by atoms with Gasteiger partial charge >= 0.3 is 0 Å². The first-order valence-electron chi connectivity index (χ1n) is 7.48. The Hall–Kier alpha value is -0.0400. The van der Waals surface area contributed by atoms with Crippen molar-refractivity contribution in [1.29, 1.82) is 0 Å². The Kier molecular flexibility index (Phi) is 6.41. The number of rotatable bonds is 7. The van der Waals surface area contributed by atoms with Gasteiger partial charge in [-0.15, -0.1) is 0 Å². The molecule has 0 bridgehead atoms. The van der Waals surface area contributed by atoms with Gasteiger partial charge in [-0.1, -0.05) is 40.0 Å². The summed E-state index contributed by atoms with van der Waals surface area (Å²) >= 11 is 0. The highest BCUT2D eigenvalue weighted by atomic mass is 15.1. The fraction of sp³-hybridized carbons (Fsp3) is 1.00. The Balaban J connectivity index is 2.36. The molecule has 0 aliphatic carbocycles. The Morgan fingerprint density at radius 1 is 0.875 bits per heavy atom. The monoisotopic (exact) mass is 225 g/mol. The largest absolute Gasteiger partial charge is 0.303 e. The fourth-order valence-corrected chi connectivity index (χ4v) is 3.32. The summed E-state index contributed by atoms with van der Waals surface area (Å²) in [6.07, 6.45) is 11.3. The summed E-state index contributed by atoms with van der Waals surface area (Å²) in [6.45, 7) is 11.1. The van der Waals surface area contributed by atoms with Crippen LogP contribution in [0.1, 0.15) is 72.1 Å². The standard InChI is InChI=1S/C15H31N/c1-4-7-12-16-13-10-15(8-5-2,9-6-3)11-14-16/h4-14H2,1-3H3. The fourth-order valence-electron chi connectivity index (χ4n) is 3.32. The average Bonchev–Trinajstić information content (AvgIpc) is 2.29. The van der Waals surface area contributed by atoms with Crippen molar-refractivity contribution in [2.75, 3.05) is 19.6 Å². The topological polar surface area (TPSA) is 3.24 Å². The van der Waals surface area contributed by atoms with Crippen molar-refractivity contribution in [3.8, 4) is 0 Å². The van der Waals surface area contributed by atoms with Crippen LogP contribution in [0.5, 0.6) is 0 Å². The molecule has 1 aliphatic rings. The molecule has 0 unspecified atom stereocenters. The molecular formula is C15H31N. The Morgan fingerprint density at radius 3 is 1.88 bits per heavy atom. The number of hydrogen-bond donors (Lipinski definition) is 0. The Labute approximate surface area is 103 Å². The van der Waals surface area contributed by atoms with E-state index in [0.717, 1.165) is 0 Å². The third kappa shape index (κ3) is 4.08. The smallest absolute Gasteiger partial charge is 0.00134 e. The third-order valence-corrected chi connectivity index (χ3v) is 4.31. The quantitative estimate of drug-likeness (QED) is 0.618. The summed E-state index contributed by atoms with van der Waals surface area (Å²) in [4.78, 5) is 2.69. The molecule has 1 fully saturated rings. The summed E-state index contributed by atoms with van der Waals surface area (Å²) in [7, 11) is 0. The molecule has 0 radical (unpaired) electrons. The van der Waals surface area contributed by atoms with Gasteiger partial charge in [-0.3, -0.25) is 0 Å². The van der Waals surface area contributed by atoms with E-state index >= 15 is 0 Å². The minimum atomic E-state index is 0.714. The van der Waals surface area contributed by atoms with Crippen molar-refractivity contribution in [3.63, 3.8) is 0 Å². The van der Waals surface area contributed by atoms with Crippen molar-refractivity contribution in [2.45, 2.75) is 72.1 Å². The van der Waals surface area contributed by atoms with Crippen LogP contribution in [-0.4, -0.2) is 24.5 Å². The minimum Gasteiger partial charge on any atom is -0.303 e. The van der Waals surface area contributed by atoms with Crippen molar-refractivity contribution >= 4 is 0 Å². The lowest BCUT2D eigenvalue weighted by molar-refractivity contribution is 0.0844. The normalized spacial score (nSPS) is 21.2. The molecule has 1 heterocycles. The van der Waals surface area contributed by atoms with Crippen LogP contribution in [0.15, 0.2) is 0 Å². The van der Waals surface area contributed by atoms with Gasteiger partial charge in [0.25, 0.3) is 0 Å². The summed E-state index contributed by atoms with van der Waals surface area (Å²) in [6, 6.07) is 0. The van der Waals surface area contributed by atoms with Gasteiger partial charge in [-0.25, -0.2) is 0 Å². The van der Waals surface area contributed by atoms with Crippen LogP contribution in [0.3, 0.4) is 0 Å². The van der Waals surface area contributed by atoms with Crippen LogP contribution >= 0.6 is 0 Å². The van der Waals surface area contributed by atoms with Crippen LogP contribution < -0.4 is 0 Å². The van der Waals surface area contributed by atoms with Gasteiger partial charge < -0.3 is 4.90 Å². The molecule has 1 aliphatic heterocycles. The maximum Gasteiger partial charge on any atom is -0.00134 e. The molecule has 96 valence electrons. The Morgan fingerprint density at radius 2 is 1.44 bits per heavy atom. The zero-order valence-electron chi connectivity index (χ0n) is 11.7. The molecule has 0 spiro atoms. The van der Waals surface area contributed by atoms with Crippen molar-refractivity contribution < 1.29 is 0 Å². The van der Waals surface area contributed by atoms with Crippen molar-refractivity contribution in [2.24, 2.45) is 5.41 Å². The van der Waals surface area contributed by atoms with Gasteiger partial charge in [0.1, 0.15) is 0 Å². The molecular weight excluding hydrogens is 194 g/mol. The van der Waals surface area contributed by atoms with Gasteiger partial charge in [-0.05, 0) is 57.2 Å². The first kappa shape index (κ1) is 14.0. The molecule has 1 saturated heterocycles. The molecule has 0 aromatic carbocycles. The van der Waals surface area contributed by atoms with E-state index < -0.39 is 0 Å². The van der Waals surface area contributed by atoms with E-state index in [9.17, 15) is 0 Å². The predicted molar refractivity (Wildman–Crippen MR) is 72.8 cm³/mol.